The molecule has 2 unspecified atom stereocenters. The van der Waals surface area contributed by atoms with E-state index in [-0.39, 0.29) is 5.54 Å². The summed E-state index contributed by atoms with van der Waals surface area (Å²) in [7, 11) is 0. The van der Waals surface area contributed by atoms with Crippen molar-refractivity contribution in [1.29, 1.82) is 0 Å². The van der Waals surface area contributed by atoms with Gasteiger partial charge in [0.25, 0.3) is 0 Å². The number of hydrogen-bond donors (Lipinski definition) is 1. The molecule has 1 aromatic heterocycles. The first-order valence-corrected chi connectivity index (χ1v) is 9.80. The Hall–Kier alpha value is 0.140. The summed E-state index contributed by atoms with van der Waals surface area (Å²) in [6.45, 7) is 12.9. The maximum Gasteiger partial charge on any atom is 0.0285 e. The maximum absolute atomic E-state index is 3.73. The lowest BCUT2D eigenvalue weighted by Gasteiger charge is -2.42. The number of rotatable bonds is 4. The summed E-state index contributed by atoms with van der Waals surface area (Å²) in [6, 6.07) is 2.31. The molecule has 0 radical (unpaired) electrons. The van der Waals surface area contributed by atoms with Crippen LogP contribution in [0.4, 0.5) is 0 Å². The third-order valence-electron chi connectivity index (χ3n) is 4.65. The van der Waals surface area contributed by atoms with Crippen LogP contribution < -0.4 is 5.32 Å². The van der Waals surface area contributed by atoms with Crippen LogP contribution in [0.15, 0.2) is 15.9 Å². The van der Waals surface area contributed by atoms with Crippen LogP contribution in [0.2, 0.25) is 0 Å². The standard InChI is InChI=1S/C18H30BrNS/c1-17(2,3)20-11-13-6-7-18(4,5)10-14(13)8-16-9-15(19)12-21-16/h9,12-14,20H,6-8,10-11H2,1-5H3. The summed E-state index contributed by atoms with van der Waals surface area (Å²) in [5.41, 5.74) is 0.737. The summed E-state index contributed by atoms with van der Waals surface area (Å²) in [5, 5.41) is 5.95. The molecule has 1 aliphatic rings. The Morgan fingerprint density at radius 3 is 2.62 bits per heavy atom. The SMILES string of the molecule is CC1(C)CCC(CNC(C)(C)C)C(Cc2cc(Br)cs2)C1. The van der Waals surface area contributed by atoms with E-state index in [2.05, 4.69) is 67.3 Å². The van der Waals surface area contributed by atoms with Gasteiger partial charge in [0.1, 0.15) is 0 Å². The van der Waals surface area contributed by atoms with Crippen LogP contribution in [0.3, 0.4) is 0 Å². The number of nitrogens with one attached hydrogen (secondary N) is 1. The highest BCUT2D eigenvalue weighted by Crippen LogP contribution is 2.43. The third kappa shape index (κ3) is 5.69. The first-order valence-electron chi connectivity index (χ1n) is 8.13. The molecule has 1 N–H and O–H groups in total. The van der Waals surface area contributed by atoms with Crippen molar-refractivity contribution < 1.29 is 0 Å². The fraction of sp³-hybridized carbons (Fsp3) is 0.778. The van der Waals surface area contributed by atoms with Gasteiger partial charge in [-0.25, -0.2) is 0 Å². The quantitative estimate of drug-likeness (QED) is 0.695. The van der Waals surface area contributed by atoms with Crippen molar-refractivity contribution >= 4 is 27.3 Å². The van der Waals surface area contributed by atoms with Crippen molar-refractivity contribution in [3.8, 4) is 0 Å². The second kappa shape index (κ2) is 6.72. The van der Waals surface area contributed by atoms with Gasteiger partial charge in [0, 0.05) is 20.3 Å². The summed E-state index contributed by atoms with van der Waals surface area (Å²) >= 11 is 5.49. The van der Waals surface area contributed by atoms with Crippen LogP contribution in [0.25, 0.3) is 0 Å². The van der Waals surface area contributed by atoms with Gasteiger partial charge in [0.05, 0.1) is 0 Å². The molecule has 1 heterocycles. The van der Waals surface area contributed by atoms with Crippen molar-refractivity contribution in [2.24, 2.45) is 17.3 Å². The summed E-state index contributed by atoms with van der Waals surface area (Å²) in [6.07, 6.45) is 5.34. The number of hydrogen-bond acceptors (Lipinski definition) is 2. The average Bonchev–Trinajstić information content (AvgIpc) is 2.71. The first-order chi connectivity index (χ1) is 9.65. The lowest BCUT2D eigenvalue weighted by molar-refractivity contribution is 0.112. The zero-order valence-corrected chi connectivity index (χ0v) is 16.5. The van der Waals surface area contributed by atoms with E-state index in [4.69, 9.17) is 0 Å². The van der Waals surface area contributed by atoms with Gasteiger partial charge < -0.3 is 5.32 Å². The molecular formula is C18H30BrNS. The van der Waals surface area contributed by atoms with Crippen molar-refractivity contribution in [3.05, 3.63) is 20.8 Å². The Morgan fingerprint density at radius 1 is 1.33 bits per heavy atom. The molecule has 1 aromatic rings. The highest BCUT2D eigenvalue weighted by atomic mass is 79.9. The van der Waals surface area contributed by atoms with E-state index in [0.717, 1.165) is 18.4 Å². The van der Waals surface area contributed by atoms with E-state index >= 15 is 0 Å². The molecular weight excluding hydrogens is 342 g/mol. The Labute approximate surface area is 143 Å². The molecule has 120 valence electrons. The fourth-order valence-corrected chi connectivity index (χ4v) is 5.00. The van der Waals surface area contributed by atoms with E-state index < -0.39 is 0 Å². The van der Waals surface area contributed by atoms with Crippen molar-refractivity contribution in [2.45, 2.75) is 65.8 Å². The van der Waals surface area contributed by atoms with E-state index in [1.165, 1.54) is 35.0 Å². The van der Waals surface area contributed by atoms with Gasteiger partial charge in [0.2, 0.25) is 0 Å². The number of halogens is 1. The average molecular weight is 372 g/mol. The zero-order chi connectivity index (χ0) is 15.7. The summed E-state index contributed by atoms with van der Waals surface area (Å²) < 4.78 is 1.24. The molecule has 1 saturated carbocycles. The minimum atomic E-state index is 0.226. The first kappa shape index (κ1) is 17.5. The second-order valence-electron chi connectivity index (χ2n) is 8.49. The van der Waals surface area contributed by atoms with Crippen LogP contribution in [-0.2, 0) is 6.42 Å². The molecule has 1 fully saturated rings. The molecule has 0 aromatic carbocycles. The van der Waals surface area contributed by atoms with Gasteiger partial charge in [-0.05, 0) is 92.2 Å². The molecule has 2 atom stereocenters. The maximum atomic E-state index is 3.73. The molecule has 0 amide bonds. The lowest BCUT2D eigenvalue weighted by Crippen LogP contribution is -2.43. The Morgan fingerprint density at radius 2 is 2.05 bits per heavy atom. The van der Waals surface area contributed by atoms with Crippen LogP contribution in [0.1, 0.15) is 58.8 Å². The molecule has 0 aliphatic heterocycles. The van der Waals surface area contributed by atoms with E-state index in [9.17, 15) is 0 Å². The monoisotopic (exact) mass is 371 g/mol. The molecule has 21 heavy (non-hydrogen) atoms. The van der Waals surface area contributed by atoms with Gasteiger partial charge in [0.15, 0.2) is 0 Å². The molecule has 2 rings (SSSR count). The topological polar surface area (TPSA) is 12.0 Å². The summed E-state index contributed by atoms with van der Waals surface area (Å²) in [5.74, 6) is 1.63. The third-order valence-corrected chi connectivity index (χ3v) is 6.37. The second-order valence-corrected chi connectivity index (χ2v) is 10.4. The van der Waals surface area contributed by atoms with Gasteiger partial charge in [-0.3, -0.25) is 0 Å². The lowest BCUT2D eigenvalue weighted by atomic mass is 9.66. The smallest absolute Gasteiger partial charge is 0.0285 e. The Balaban J connectivity index is 2.03. The van der Waals surface area contributed by atoms with Crippen LogP contribution in [-0.4, -0.2) is 12.1 Å². The predicted molar refractivity (Wildman–Crippen MR) is 98.1 cm³/mol. The molecule has 1 aliphatic carbocycles. The zero-order valence-electron chi connectivity index (χ0n) is 14.1. The molecule has 0 bridgehead atoms. The highest BCUT2D eigenvalue weighted by molar-refractivity contribution is 9.10. The molecule has 1 nitrogen and oxygen atoms in total. The van der Waals surface area contributed by atoms with E-state index in [1.807, 2.05) is 11.3 Å². The Bertz CT molecular complexity index is 458. The van der Waals surface area contributed by atoms with Crippen LogP contribution >= 0.6 is 27.3 Å². The van der Waals surface area contributed by atoms with Crippen molar-refractivity contribution in [2.75, 3.05) is 6.54 Å². The van der Waals surface area contributed by atoms with Crippen molar-refractivity contribution in [1.82, 2.24) is 5.32 Å². The van der Waals surface area contributed by atoms with E-state index in [1.54, 1.807) is 0 Å². The van der Waals surface area contributed by atoms with Gasteiger partial charge in [-0.1, -0.05) is 13.8 Å². The fourth-order valence-electron chi connectivity index (χ4n) is 3.45. The minimum Gasteiger partial charge on any atom is -0.312 e. The van der Waals surface area contributed by atoms with Crippen molar-refractivity contribution in [3.63, 3.8) is 0 Å². The van der Waals surface area contributed by atoms with Gasteiger partial charge >= 0.3 is 0 Å². The minimum absolute atomic E-state index is 0.226. The summed E-state index contributed by atoms with van der Waals surface area (Å²) in [4.78, 5) is 1.53. The highest BCUT2D eigenvalue weighted by Gasteiger charge is 2.35. The molecule has 0 saturated heterocycles. The molecule has 3 heteroatoms. The number of thiophene rings is 1. The normalized spacial score (nSPS) is 26.0. The largest absolute Gasteiger partial charge is 0.312 e. The van der Waals surface area contributed by atoms with Crippen LogP contribution in [0, 0.1) is 17.3 Å². The van der Waals surface area contributed by atoms with Gasteiger partial charge in [-0.15, -0.1) is 11.3 Å². The van der Waals surface area contributed by atoms with Gasteiger partial charge in [-0.2, -0.15) is 0 Å². The molecule has 0 spiro atoms. The predicted octanol–water partition coefficient (Wildman–Crippen LogP) is 5.88. The Kier molecular flexibility index (Phi) is 5.60. The van der Waals surface area contributed by atoms with Crippen LogP contribution in [0.5, 0.6) is 0 Å². The van der Waals surface area contributed by atoms with E-state index in [0.29, 0.717) is 5.41 Å².